The summed E-state index contributed by atoms with van der Waals surface area (Å²) in [6.07, 6.45) is 1.31. The summed E-state index contributed by atoms with van der Waals surface area (Å²) >= 11 is 0. The first kappa shape index (κ1) is 13.7. The normalized spacial score (nSPS) is 10.7. The van der Waals surface area contributed by atoms with Crippen LogP contribution in [0.1, 0.15) is 12.5 Å². The van der Waals surface area contributed by atoms with Gasteiger partial charge < -0.3 is 5.32 Å². The molecule has 96 valence electrons. The molecule has 0 heterocycles. The minimum Gasteiger partial charge on any atom is -0.340 e. The van der Waals surface area contributed by atoms with Gasteiger partial charge >= 0.3 is 6.03 Å². The Labute approximate surface area is 104 Å². The van der Waals surface area contributed by atoms with E-state index in [1.165, 1.54) is 25.3 Å². The third-order valence-corrected chi connectivity index (χ3v) is 2.17. The predicted molar refractivity (Wildman–Crippen MR) is 65.8 cm³/mol. The van der Waals surface area contributed by atoms with Gasteiger partial charge in [-0.05, 0) is 30.2 Å². The Hall–Kier alpha value is -2.37. The zero-order chi connectivity index (χ0) is 13.5. The van der Waals surface area contributed by atoms with Crippen LogP contribution in [0.3, 0.4) is 0 Å². The summed E-state index contributed by atoms with van der Waals surface area (Å²) in [6, 6.07) is 5.25. The number of hydrogen-bond donors (Lipinski definition) is 3. The van der Waals surface area contributed by atoms with E-state index in [1.807, 2.05) is 0 Å². The Morgan fingerprint density at radius 1 is 1.17 bits per heavy atom. The van der Waals surface area contributed by atoms with Gasteiger partial charge in [-0.3, -0.25) is 10.2 Å². The van der Waals surface area contributed by atoms with Gasteiger partial charge in [0.25, 0.3) is 5.91 Å². The van der Waals surface area contributed by atoms with Gasteiger partial charge in [0.15, 0.2) is 0 Å². The van der Waals surface area contributed by atoms with Gasteiger partial charge in [0.1, 0.15) is 5.82 Å². The van der Waals surface area contributed by atoms with Gasteiger partial charge in [0.2, 0.25) is 0 Å². The van der Waals surface area contributed by atoms with Crippen molar-refractivity contribution in [2.24, 2.45) is 0 Å². The number of nitrogens with one attached hydrogen (secondary N) is 3. The first-order valence-electron chi connectivity index (χ1n) is 5.25. The summed E-state index contributed by atoms with van der Waals surface area (Å²) in [7, 11) is 1.43. The van der Waals surface area contributed by atoms with E-state index in [2.05, 4.69) is 16.2 Å². The number of carbonyl (C=O) groups is 2. The molecule has 0 atom stereocenters. The molecule has 0 bridgehead atoms. The zero-order valence-corrected chi connectivity index (χ0v) is 10.1. The molecule has 1 aromatic rings. The number of urea groups is 1. The lowest BCUT2D eigenvalue weighted by Crippen LogP contribution is -2.45. The maximum absolute atomic E-state index is 12.7. The van der Waals surface area contributed by atoms with Gasteiger partial charge in [-0.25, -0.2) is 14.6 Å². The third kappa shape index (κ3) is 4.25. The monoisotopic (exact) mass is 251 g/mol. The highest BCUT2D eigenvalue weighted by atomic mass is 19.1. The second-order valence-corrected chi connectivity index (χ2v) is 3.53. The number of hydrazine groups is 1. The summed E-state index contributed by atoms with van der Waals surface area (Å²) in [4.78, 5) is 22.2. The van der Waals surface area contributed by atoms with Crippen LogP contribution < -0.4 is 16.2 Å². The molecular formula is C12H14FN3O2. The van der Waals surface area contributed by atoms with E-state index in [-0.39, 0.29) is 5.82 Å². The Balaban J connectivity index is 2.62. The largest absolute Gasteiger partial charge is 0.340 e. The van der Waals surface area contributed by atoms with Crippen LogP contribution in [0.2, 0.25) is 0 Å². The van der Waals surface area contributed by atoms with E-state index in [0.717, 1.165) is 5.56 Å². The molecule has 0 unspecified atom stereocenters. The number of allylic oxidation sites excluding steroid dienone is 1. The van der Waals surface area contributed by atoms with E-state index in [1.54, 1.807) is 19.1 Å². The van der Waals surface area contributed by atoms with E-state index in [4.69, 9.17) is 0 Å². The van der Waals surface area contributed by atoms with Crippen LogP contribution in [0.25, 0.3) is 5.57 Å². The molecule has 0 aliphatic rings. The molecule has 18 heavy (non-hydrogen) atoms. The SMILES string of the molecule is CNC(=O)NNC(=O)C=C(C)c1ccc(F)cc1. The molecule has 0 saturated carbocycles. The average Bonchev–Trinajstić information content (AvgIpc) is 2.36. The standard InChI is InChI=1S/C12H14FN3O2/c1-8(9-3-5-10(13)6-4-9)7-11(17)15-16-12(18)14-2/h3-7H,1-2H3,(H,15,17)(H2,14,16,18). The van der Waals surface area contributed by atoms with Crippen LogP contribution in [0, 0.1) is 5.82 Å². The summed E-state index contributed by atoms with van der Waals surface area (Å²) in [5.41, 5.74) is 5.72. The molecule has 0 radical (unpaired) electrons. The fourth-order valence-electron chi connectivity index (χ4n) is 1.21. The topological polar surface area (TPSA) is 70.2 Å². The van der Waals surface area contributed by atoms with Gasteiger partial charge in [0.05, 0.1) is 0 Å². The Bertz CT molecular complexity index is 469. The second kappa shape index (κ2) is 6.39. The van der Waals surface area contributed by atoms with Crippen LogP contribution in [-0.2, 0) is 4.79 Å². The third-order valence-electron chi connectivity index (χ3n) is 2.17. The smallest absolute Gasteiger partial charge is 0.333 e. The minimum atomic E-state index is -0.517. The molecule has 0 fully saturated rings. The maximum atomic E-state index is 12.7. The lowest BCUT2D eigenvalue weighted by atomic mass is 10.1. The van der Waals surface area contributed by atoms with Crippen LogP contribution >= 0.6 is 0 Å². The molecule has 0 spiro atoms. The number of halogens is 1. The number of benzene rings is 1. The van der Waals surface area contributed by atoms with Crippen LogP contribution in [-0.4, -0.2) is 19.0 Å². The van der Waals surface area contributed by atoms with Crippen LogP contribution in [0.4, 0.5) is 9.18 Å². The second-order valence-electron chi connectivity index (χ2n) is 3.53. The van der Waals surface area contributed by atoms with E-state index >= 15 is 0 Å². The van der Waals surface area contributed by atoms with Crippen molar-refractivity contribution >= 4 is 17.5 Å². The predicted octanol–water partition coefficient (Wildman–Crippen LogP) is 1.19. The van der Waals surface area contributed by atoms with Crippen molar-refractivity contribution in [3.63, 3.8) is 0 Å². The van der Waals surface area contributed by atoms with Crippen LogP contribution in [0.15, 0.2) is 30.3 Å². The van der Waals surface area contributed by atoms with Crippen molar-refractivity contribution in [1.29, 1.82) is 0 Å². The van der Waals surface area contributed by atoms with Crippen molar-refractivity contribution in [2.75, 3.05) is 7.05 Å². The Morgan fingerprint density at radius 2 is 1.78 bits per heavy atom. The molecule has 1 rings (SSSR count). The van der Waals surface area contributed by atoms with Gasteiger partial charge in [-0.1, -0.05) is 12.1 Å². The number of amides is 3. The maximum Gasteiger partial charge on any atom is 0.333 e. The summed E-state index contributed by atoms with van der Waals surface area (Å²) in [5, 5.41) is 2.28. The van der Waals surface area contributed by atoms with Gasteiger partial charge in [-0.2, -0.15) is 0 Å². The van der Waals surface area contributed by atoms with E-state index in [0.29, 0.717) is 5.57 Å². The highest BCUT2D eigenvalue weighted by Gasteiger charge is 2.02. The molecule has 6 heteroatoms. The number of rotatable bonds is 2. The molecule has 0 saturated heterocycles. The summed E-state index contributed by atoms with van der Waals surface area (Å²) in [6.45, 7) is 1.71. The first-order valence-corrected chi connectivity index (χ1v) is 5.25. The lowest BCUT2D eigenvalue weighted by Gasteiger charge is -2.05. The van der Waals surface area contributed by atoms with Crippen molar-refractivity contribution < 1.29 is 14.0 Å². The highest BCUT2D eigenvalue weighted by molar-refractivity contribution is 5.95. The lowest BCUT2D eigenvalue weighted by molar-refractivity contribution is -0.117. The fourth-order valence-corrected chi connectivity index (χ4v) is 1.21. The Kier molecular flexibility index (Phi) is 4.86. The molecule has 3 amide bonds. The molecule has 3 N–H and O–H groups in total. The van der Waals surface area contributed by atoms with E-state index < -0.39 is 11.9 Å². The Morgan fingerprint density at radius 3 is 2.33 bits per heavy atom. The van der Waals surface area contributed by atoms with Gasteiger partial charge in [-0.15, -0.1) is 0 Å². The number of hydrogen-bond acceptors (Lipinski definition) is 2. The summed E-state index contributed by atoms with van der Waals surface area (Å²) in [5.74, 6) is -0.808. The highest BCUT2D eigenvalue weighted by Crippen LogP contribution is 2.13. The molecule has 0 aliphatic carbocycles. The molecule has 0 aromatic heterocycles. The molecular weight excluding hydrogens is 237 g/mol. The van der Waals surface area contributed by atoms with Gasteiger partial charge in [0, 0.05) is 13.1 Å². The molecule has 1 aromatic carbocycles. The van der Waals surface area contributed by atoms with Crippen molar-refractivity contribution in [2.45, 2.75) is 6.92 Å². The minimum absolute atomic E-state index is 0.336. The fraction of sp³-hybridized carbons (Fsp3) is 0.167. The van der Waals surface area contributed by atoms with Crippen molar-refractivity contribution in [3.8, 4) is 0 Å². The average molecular weight is 251 g/mol. The molecule has 5 nitrogen and oxygen atoms in total. The summed E-state index contributed by atoms with van der Waals surface area (Å²) < 4.78 is 12.7. The zero-order valence-electron chi connectivity index (χ0n) is 10.1. The quantitative estimate of drug-likeness (QED) is 0.546. The van der Waals surface area contributed by atoms with E-state index in [9.17, 15) is 14.0 Å². The molecule has 0 aliphatic heterocycles. The number of carbonyl (C=O) groups excluding carboxylic acids is 2. The van der Waals surface area contributed by atoms with Crippen molar-refractivity contribution in [1.82, 2.24) is 16.2 Å². The van der Waals surface area contributed by atoms with Crippen molar-refractivity contribution in [3.05, 3.63) is 41.7 Å². The van der Waals surface area contributed by atoms with Crippen LogP contribution in [0.5, 0.6) is 0 Å². The first-order chi connectivity index (χ1) is 8.52.